The van der Waals surface area contributed by atoms with Gasteiger partial charge in [-0.25, -0.2) is 10.0 Å². The Morgan fingerprint density at radius 3 is 2.04 bits per heavy atom. The maximum absolute atomic E-state index is 6.19. The van der Waals surface area contributed by atoms with Gasteiger partial charge in [-0.05, 0) is 93.7 Å². The summed E-state index contributed by atoms with van der Waals surface area (Å²) in [6.07, 6.45) is 1.97. The van der Waals surface area contributed by atoms with E-state index in [-0.39, 0.29) is 5.41 Å². The predicted octanol–water partition coefficient (Wildman–Crippen LogP) is 11.9. The van der Waals surface area contributed by atoms with Crippen LogP contribution in [0.2, 0.25) is 0 Å². The zero-order chi connectivity index (χ0) is 34.7. The van der Waals surface area contributed by atoms with Gasteiger partial charge in [-0.1, -0.05) is 114 Å². The predicted molar refractivity (Wildman–Crippen MR) is 209 cm³/mol. The van der Waals surface area contributed by atoms with E-state index < -0.39 is 0 Å². The quantitative estimate of drug-likeness (QED) is 0.171. The van der Waals surface area contributed by atoms with E-state index in [0.717, 1.165) is 33.9 Å². The van der Waals surface area contributed by atoms with E-state index in [0.29, 0.717) is 11.8 Å². The summed E-state index contributed by atoms with van der Waals surface area (Å²) in [4.78, 5) is 11.2. The number of hydroxylamine groups is 1. The Labute approximate surface area is 295 Å². The van der Waals surface area contributed by atoms with Gasteiger partial charge in [0.05, 0.1) is 28.1 Å². The molecule has 0 atom stereocenters. The molecule has 0 N–H and O–H groups in total. The standard InChI is InChI=1S/C45H44N4O/c1-29(2)35-17-13-18-36(30(3)4)44(35)31-24-25-46-43(26-31)48-39-19-9-8-16-37(39)38-23-22-33(28-42(38)48)45(5,6)32-14-12-15-34(27-32)49-41-21-11-10-20-40(41)47(7)50-49/h8-30H,1-7H3. The van der Waals surface area contributed by atoms with Gasteiger partial charge in [0.15, 0.2) is 0 Å². The molecule has 0 spiro atoms. The molecule has 0 amide bonds. The van der Waals surface area contributed by atoms with Crippen molar-refractivity contribution in [3.8, 4) is 16.9 Å². The number of para-hydroxylation sites is 3. The number of anilines is 3. The van der Waals surface area contributed by atoms with Crippen LogP contribution in [0.3, 0.4) is 0 Å². The molecule has 5 nitrogen and oxygen atoms in total. The van der Waals surface area contributed by atoms with Crippen molar-refractivity contribution in [2.75, 3.05) is 17.2 Å². The SMILES string of the molecule is CC(C)c1cccc(C(C)C)c1-c1ccnc(-n2c3ccccc3c3ccc(C(C)(C)c4cccc(N5ON(C)c6ccccc65)c4)cc32)c1. The highest BCUT2D eigenvalue weighted by Crippen LogP contribution is 2.43. The van der Waals surface area contributed by atoms with Crippen molar-refractivity contribution in [3.05, 3.63) is 150 Å². The van der Waals surface area contributed by atoms with Gasteiger partial charge in [0.2, 0.25) is 0 Å². The van der Waals surface area contributed by atoms with E-state index in [2.05, 4.69) is 155 Å². The number of hydrogen-bond donors (Lipinski definition) is 0. The minimum Gasteiger partial charge on any atom is -0.294 e. The molecule has 0 saturated carbocycles. The average Bonchev–Trinajstić information content (AvgIpc) is 3.65. The molecule has 0 fully saturated rings. The highest BCUT2D eigenvalue weighted by molar-refractivity contribution is 6.09. The number of hydrogen-bond acceptors (Lipinski definition) is 4. The minimum atomic E-state index is -0.297. The molecule has 2 aromatic heterocycles. The molecule has 0 unspecified atom stereocenters. The van der Waals surface area contributed by atoms with Crippen LogP contribution in [-0.4, -0.2) is 16.6 Å². The van der Waals surface area contributed by atoms with E-state index in [9.17, 15) is 0 Å². The summed E-state index contributed by atoms with van der Waals surface area (Å²) in [6.45, 7) is 13.7. The molecule has 1 aliphatic rings. The minimum absolute atomic E-state index is 0.297. The fourth-order valence-corrected chi connectivity index (χ4v) is 7.67. The summed E-state index contributed by atoms with van der Waals surface area (Å²) in [7, 11) is 1.94. The van der Waals surface area contributed by atoms with Crippen LogP contribution in [0.4, 0.5) is 17.1 Å². The highest BCUT2D eigenvalue weighted by atomic mass is 16.8. The number of benzene rings is 5. The zero-order valence-electron chi connectivity index (χ0n) is 30.0. The van der Waals surface area contributed by atoms with Crippen molar-refractivity contribution in [2.45, 2.75) is 58.8 Å². The molecule has 8 rings (SSSR count). The molecule has 1 aliphatic heterocycles. The average molecular weight is 657 g/mol. The van der Waals surface area contributed by atoms with E-state index in [1.54, 1.807) is 0 Å². The number of fused-ring (bicyclic) bond motifs is 4. The second-order valence-electron chi connectivity index (χ2n) is 14.6. The summed E-state index contributed by atoms with van der Waals surface area (Å²) < 4.78 is 2.35. The van der Waals surface area contributed by atoms with Crippen LogP contribution < -0.4 is 10.1 Å². The molecule has 50 heavy (non-hydrogen) atoms. The number of pyridine rings is 1. The lowest BCUT2D eigenvalue weighted by Gasteiger charge is -2.28. The van der Waals surface area contributed by atoms with Gasteiger partial charge in [0.1, 0.15) is 5.82 Å². The van der Waals surface area contributed by atoms with Crippen LogP contribution in [0, 0.1) is 0 Å². The van der Waals surface area contributed by atoms with Gasteiger partial charge in [-0.3, -0.25) is 4.57 Å². The smallest absolute Gasteiger partial charge is 0.138 e. The molecular formula is C45H44N4O. The number of nitrogens with zero attached hydrogens (tertiary/aromatic N) is 4. The third-order valence-electron chi connectivity index (χ3n) is 10.5. The Morgan fingerprint density at radius 2 is 1.28 bits per heavy atom. The normalized spacial score (nSPS) is 13.3. The van der Waals surface area contributed by atoms with Crippen LogP contribution in [-0.2, 0) is 10.4 Å². The number of rotatable bonds is 7. The fraction of sp³-hybridized carbons (Fsp3) is 0.222. The first kappa shape index (κ1) is 31.9. The van der Waals surface area contributed by atoms with Gasteiger partial charge in [0, 0.05) is 29.4 Å². The van der Waals surface area contributed by atoms with Gasteiger partial charge < -0.3 is 0 Å². The lowest BCUT2D eigenvalue weighted by molar-refractivity contribution is 0.142. The maximum atomic E-state index is 6.19. The number of aromatic nitrogens is 2. The molecule has 0 saturated heterocycles. The first-order valence-corrected chi connectivity index (χ1v) is 17.7. The molecule has 0 aliphatic carbocycles. The van der Waals surface area contributed by atoms with Crippen molar-refractivity contribution < 1.29 is 4.94 Å². The summed E-state index contributed by atoms with van der Waals surface area (Å²) >= 11 is 0. The van der Waals surface area contributed by atoms with Gasteiger partial charge in [0.25, 0.3) is 0 Å². The van der Waals surface area contributed by atoms with Gasteiger partial charge >= 0.3 is 0 Å². The molecule has 7 aromatic rings. The lowest BCUT2D eigenvalue weighted by Crippen LogP contribution is -2.22. The van der Waals surface area contributed by atoms with E-state index in [1.165, 1.54) is 44.2 Å². The summed E-state index contributed by atoms with van der Waals surface area (Å²) in [5, 5.41) is 6.17. The molecule has 5 aromatic carbocycles. The fourth-order valence-electron chi connectivity index (χ4n) is 7.67. The monoisotopic (exact) mass is 656 g/mol. The van der Waals surface area contributed by atoms with Crippen LogP contribution in [0.5, 0.6) is 0 Å². The topological polar surface area (TPSA) is 33.5 Å². The van der Waals surface area contributed by atoms with Crippen LogP contribution in [0.15, 0.2) is 128 Å². The Kier molecular flexibility index (Phi) is 7.76. The summed E-state index contributed by atoms with van der Waals surface area (Å²) in [5.41, 5.74) is 12.8. The Bertz CT molecular complexity index is 2360. The first-order valence-electron chi connectivity index (χ1n) is 17.7. The molecular weight excluding hydrogens is 613 g/mol. The molecule has 250 valence electrons. The third kappa shape index (κ3) is 5.16. The summed E-state index contributed by atoms with van der Waals surface area (Å²) in [6, 6.07) is 43.8. The lowest BCUT2D eigenvalue weighted by atomic mass is 9.77. The molecule has 0 bridgehead atoms. The Morgan fingerprint density at radius 1 is 0.620 bits per heavy atom. The Hall–Kier alpha value is -5.39. The third-order valence-corrected chi connectivity index (χ3v) is 10.5. The largest absolute Gasteiger partial charge is 0.294 e. The molecule has 5 heteroatoms. The first-order chi connectivity index (χ1) is 24.1. The molecule has 3 heterocycles. The van der Waals surface area contributed by atoms with E-state index >= 15 is 0 Å². The van der Waals surface area contributed by atoms with Crippen molar-refractivity contribution >= 4 is 38.9 Å². The van der Waals surface area contributed by atoms with Gasteiger partial charge in [-0.15, -0.1) is 4.94 Å². The second kappa shape index (κ2) is 12.2. The second-order valence-corrected chi connectivity index (χ2v) is 14.6. The van der Waals surface area contributed by atoms with E-state index in [4.69, 9.17) is 9.92 Å². The van der Waals surface area contributed by atoms with Crippen LogP contribution in [0.25, 0.3) is 38.8 Å². The van der Waals surface area contributed by atoms with Crippen LogP contribution >= 0.6 is 0 Å². The van der Waals surface area contributed by atoms with Crippen molar-refractivity contribution in [3.63, 3.8) is 0 Å². The maximum Gasteiger partial charge on any atom is 0.138 e. The Balaban J connectivity index is 1.26. The molecule has 0 radical (unpaired) electrons. The zero-order valence-corrected chi connectivity index (χ0v) is 30.0. The van der Waals surface area contributed by atoms with Crippen molar-refractivity contribution in [2.24, 2.45) is 0 Å². The van der Waals surface area contributed by atoms with Crippen molar-refractivity contribution in [1.82, 2.24) is 9.55 Å². The van der Waals surface area contributed by atoms with Crippen LogP contribution in [0.1, 0.15) is 75.6 Å². The summed E-state index contributed by atoms with van der Waals surface area (Å²) in [5.74, 6) is 1.74. The highest BCUT2D eigenvalue weighted by Gasteiger charge is 2.29. The van der Waals surface area contributed by atoms with Crippen molar-refractivity contribution in [1.29, 1.82) is 0 Å². The van der Waals surface area contributed by atoms with E-state index in [1.807, 2.05) is 35.5 Å². The van der Waals surface area contributed by atoms with Gasteiger partial charge in [-0.2, -0.15) is 5.06 Å².